The molecule has 0 bridgehead atoms. The zero-order valence-electron chi connectivity index (χ0n) is 5.63. The molecule has 0 aliphatic rings. The number of halogens is 2. The van der Waals surface area contributed by atoms with E-state index < -0.39 is 0 Å². The molecule has 1 aromatic rings. The summed E-state index contributed by atoms with van der Waals surface area (Å²) in [6.07, 6.45) is 0. The third kappa shape index (κ3) is 2.57. The Balaban J connectivity index is 2.62. The van der Waals surface area contributed by atoms with Crippen molar-refractivity contribution in [2.45, 2.75) is 6.61 Å². The van der Waals surface area contributed by atoms with Gasteiger partial charge < -0.3 is 0 Å². The first-order chi connectivity index (χ1) is 5.24. The van der Waals surface area contributed by atoms with Crippen LogP contribution in [0.25, 0.3) is 0 Å². The molecular formula is C5H5Cl2NO2S. The van der Waals surface area contributed by atoms with Gasteiger partial charge in [0.05, 0.1) is 12.0 Å². The highest BCUT2D eigenvalue weighted by Gasteiger charge is 2.07. The van der Waals surface area contributed by atoms with Crippen molar-refractivity contribution in [2.24, 2.45) is 0 Å². The van der Waals surface area contributed by atoms with Crippen molar-refractivity contribution in [1.82, 2.24) is 4.98 Å². The van der Waals surface area contributed by atoms with E-state index in [4.69, 9.17) is 23.2 Å². The van der Waals surface area contributed by atoms with E-state index in [-0.39, 0.29) is 6.61 Å². The Kier molecular flexibility index (Phi) is 3.54. The quantitative estimate of drug-likeness (QED) is 0.572. The molecule has 0 radical (unpaired) electrons. The molecule has 1 rings (SSSR count). The molecule has 0 amide bonds. The molecule has 0 unspecified atom stereocenters. The van der Waals surface area contributed by atoms with Crippen LogP contribution in [0.4, 0.5) is 0 Å². The molecule has 11 heavy (non-hydrogen) atoms. The Hall–Kier alpha value is 0.130. The standard InChI is InChI=1S/C5H5Cl2NO2S/c1-9-10-2-3-4(6)8-5(7)11-3/h2H2,1H3. The smallest absolute Gasteiger partial charge is 0.185 e. The second kappa shape index (κ2) is 4.23. The molecule has 0 saturated heterocycles. The molecule has 3 nitrogen and oxygen atoms in total. The van der Waals surface area contributed by atoms with Gasteiger partial charge in [0.1, 0.15) is 11.8 Å². The van der Waals surface area contributed by atoms with Gasteiger partial charge in [0, 0.05) is 0 Å². The van der Waals surface area contributed by atoms with Crippen LogP contribution < -0.4 is 0 Å². The molecule has 0 saturated carbocycles. The monoisotopic (exact) mass is 213 g/mol. The molecular weight excluding hydrogens is 209 g/mol. The van der Waals surface area contributed by atoms with Gasteiger partial charge in [0.15, 0.2) is 4.47 Å². The zero-order chi connectivity index (χ0) is 8.27. The lowest BCUT2D eigenvalue weighted by atomic mass is 10.6. The summed E-state index contributed by atoms with van der Waals surface area (Å²) in [4.78, 5) is 13.6. The average molecular weight is 214 g/mol. The number of nitrogens with zero attached hydrogens (tertiary/aromatic N) is 1. The summed E-state index contributed by atoms with van der Waals surface area (Å²) in [6.45, 7) is 0.278. The lowest BCUT2D eigenvalue weighted by Gasteiger charge is -1.94. The second-order valence-corrected chi connectivity index (χ2v) is 3.63. The van der Waals surface area contributed by atoms with Crippen LogP contribution in [0, 0.1) is 0 Å². The number of hydrogen-bond acceptors (Lipinski definition) is 4. The third-order valence-corrected chi connectivity index (χ3v) is 2.49. The van der Waals surface area contributed by atoms with Crippen molar-refractivity contribution in [3.05, 3.63) is 14.5 Å². The molecule has 62 valence electrons. The summed E-state index contributed by atoms with van der Waals surface area (Å²) in [5, 5.41) is 0.372. The summed E-state index contributed by atoms with van der Waals surface area (Å²) >= 11 is 12.5. The van der Waals surface area contributed by atoms with Crippen LogP contribution in [-0.4, -0.2) is 12.1 Å². The van der Waals surface area contributed by atoms with Crippen molar-refractivity contribution in [1.29, 1.82) is 0 Å². The Morgan fingerprint density at radius 1 is 1.55 bits per heavy atom. The van der Waals surface area contributed by atoms with Crippen molar-refractivity contribution in [3.8, 4) is 0 Å². The van der Waals surface area contributed by atoms with Crippen molar-refractivity contribution < 1.29 is 9.78 Å². The third-order valence-electron chi connectivity index (χ3n) is 0.931. The van der Waals surface area contributed by atoms with Crippen molar-refractivity contribution in [3.63, 3.8) is 0 Å². The van der Waals surface area contributed by atoms with Crippen LogP contribution in [0.5, 0.6) is 0 Å². The van der Waals surface area contributed by atoms with E-state index in [1.54, 1.807) is 0 Å². The van der Waals surface area contributed by atoms with Gasteiger partial charge in [0.25, 0.3) is 0 Å². The van der Waals surface area contributed by atoms with Crippen LogP contribution >= 0.6 is 34.5 Å². The molecule has 1 aromatic heterocycles. The summed E-state index contributed by atoms with van der Waals surface area (Å²) < 4.78 is 0.407. The minimum Gasteiger partial charge on any atom is -0.240 e. The molecule has 0 atom stereocenters. The molecule has 0 aromatic carbocycles. The highest BCUT2D eigenvalue weighted by Crippen LogP contribution is 2.26. The molecule has 1 heterocycles. The van der Waals surface area contributed by atoms with E-state index in [2.05, 4.69) is 14.8 Å². The Morgan fingerprint density at radius 3 is 2.73 bits per heavy atom. The van der Waals surface area contributed by atoms with Crippen LogP contribution in [0.1, 0.15) is 4.88 Å². The van der Waals surface area contributed by atoms with E-state index in [0.717, 1.165) is 4.88 Å². The fourth-order valence-corrected chi connectivity index (χ4v) is 1.80. The van der Waals surface area contributed by atoms with Gasteiger partial charge >= 0.3 is 0 Å². The summed E-state index contributed by atoms with van der Waals surface area (Å²) in [5.74, 6) is 0. The number of rotatable bonds is 3. The first kappa shape index (κ1) is 9.22. The van der Waals surface area contributed by atoms with E-state index in [1.807, 2.05) is 0 Å². The second-order valence-electron chi connectivity index (χ2n) is 1.61. The Bertz CT molecular complexity index is 240. The fourth-order valence-electron chi connectivity index (χ4n) is 0.508. The van der Waals surface area contributed by atoms with Gasteiger partial charge in [0.2, 0.25) is 0 Å². The van der Waals surface area contributed by atoms with Gasteiger partial charge in [-0.05, 0) is 0 Å². The normalized spacial score (nSPS) is 10.5. The highest BCUT2D eigenvalue weighted by atomic mass is 35.5. The minimum atomic E-state index is 0.278. The highest BCUT2D eigenvalue weighted by molar-refractivity contribution is 7.16. The number of aromatic nitrogens is 1. The Labute approximate surface area is 77.8 Å². The topological polar surface area (TPSA) is 31.4 Å². The van der Waals surface area contributed by atoms with E-state index in [9.17, 15) is 0 Å². The van der Waals surface area contributed by atoms with Crippen LogP contribution in [-0.2, 0) is 16.4 Å². The van der Waals surface area contributed by atoms with Gasteiger partial charge in [-0.3, -0.25) is 0 Å². The van der Waals surface area contributed by atoms with Crippen LogP contribution in [0.15, 0.2) is 0 Å². The average Bonchev–Trinajstić information content (AvgIpc) is 2.26. The summed E-state index contributed by atoms with van der Waals surface area (Å²) in [5.41, 5.74) is 0. The first-order valence-electron chi connectivity index (χ1n) is 2.70. The first-order valence-corrected chi connectivity index (χ1v) is 4.27. The predicted molar refractivity (Wildman–Crippen MR) is 43.9 cm³/mol. The van der Waals surface area contributed by atoms with Gasteiger partial charge in [-0.2, -0.15) is 0 Å². The number of hydrogen-bond donors (Lipinski definition) is 0. The molecule has 0 N–H and O–H groups in total. The summed E-state index contributed by atoms with van der Waals surface area (Å²) in [6, 6.07) is 0. The molecule has 0 fully saturated rings. The van der Waals surface area contributed by atoms with E-state index >= 15 is 0 Å². The molecule has 0 aliphatic carbocycles. The van der Waals surface area contributed by atoms with E-state index in [1.165, 1.54) is 18.4 Å². The van der Waals surface area contributed by atoms with Crippen molar-refractivity contribution in [2.75, 3.05) is 7.11 Å². The van der Waals surface area contributed by atoms with E-state index in [0.29, 0.717) is 9.62 Å². The molecule has 0 spiro atoms. The zero-order valence-corrected chi connectivity index (χ0v) is 7.96. The van der Waals surface area contributed by atoms with Gasteiger partial charge in [-0.15, -0.1) is 11.3 Å². The predicted octanol–water partition coefficient (Wildman–Crippen LogP) is 2.53. The van der Waals surface area contributed by atoms with Crippen LogP contribution in [0.2, 0.25) is 9.62 Å². The largest absolute Gasteiger partial charge is 0.240 e. The SMILES string of the molecule is COOCc1sc(Cl)nc1Cl. The maximum atomic E-state index is 5.66. The number of thiazole rings is 1. The molecule has 6 heteroatoms. The van der Waals surface area contributed by atoms with Crippen LogP contribution in [0.3, 0.4) is 0 Å². The maximum Gasteiger partial charge on any atom is 0.185 e. The fraction of sp³-hybridized carbons (Fsp3) is 0.400. The minimum absolute atomic E-state index is 0.278. The summed E-state index contributed by atoms with van der Waals surface area (Å²) in [7, 11) is 1.43. The Morgan fingerprint density at radius 2 is 2.27 bits per heavy atom. The van der Waals surface area contributed by atoms with Crippen molar-refractivity contribution >= 4 is 34.5 Å². The van der Waals surface area contributed by atoms with Gasteiger partial charge in [-0.1, -0.05) is 23.2 Å². The maximum absolute atomic E-state index is 5.66. The molecule has 0 aliphatic heterocycles. The lowest BCUT2D eigenvalue weighted by Crippen LogP contribution is -1.88. The van der Waals surface area contributed by atoms with Gasteiger partial charge in [-0.25, -0.2) is 14.8 Å². The lowest BCUT2D eigenvalue weighted by molar-refractivity contribution is -0.281.